The van der Waals surface area contributed by atoms with Gasteiger partial charge in [0, 0.05) is 17.6 Å². The molecule has 1 unspecified atom stereocenters. The second-order valence-corrected chi connectivity index (χ2v) is 8.51. The van der Waals surface area contributed by atoms with Crippen molar-refractivity contribution in [2.24, 2.45) is 5.92 Å². The van der Waals surface area contributed by atoms with Crippen LogP contribution >= 0.6 is 0 Å². The monoisotopic (exact) mass is 378 g/mol. The number of nitrogens with one attached hydrogen (secondary N) is 1. The van der Waals surface area contributed by atoms with Crippen LogP contribution in [-0.2, 0) is 6.42 Å². The summed E-state index contributed by atoms with van der Waals surface area (Å²) in [6.45, 7) is 2.03. The molecule has 0 bridgehead atoms. The summed E-state index contributed by atoms with van der Waals surface area (Å²) in [6.07, 6.45) is 6.87. The van der Waals surface area contributed by atoms with Gasteiger partial charge in [0.2, 0.25) is 0 Å². The number of hydrogen-bond donors (Lipinski definition) is 1. The predicted molar refractivity (Wildman–Crippen MR) is 117 cm³/mol. The zero-order valence-electron chi connectivity index (χ0n) is 17.5. The fourth-order valence-electron chi connectivity index (χ4n) is 4.58. The highest BCUT2D eigenvalue weighted by Crippen LogP contribution is 2.31. The predicted octanol–water partition coefficient (Wildman–Crippen LogP) is 4.85. The van der Waals surface area contributed by atoms with Gasteiger partial charge in [0.05, 0.1) is 0 Å². The third-order valence-corrected chi connectivity index (χ3v) is 6.17. The lowest BCUT2D eigenvalue weighted by Gasteiger charge is -2.37. The van der Waals surface area contributed by atoms with E-state index in [4.69, 9.17) is 0 Å². The molecule has 3 rings (SSSR count). The van der Waals surface area contributed by atoms with Gasteiger partial charge in [-0.25, -0.2) is 0 Å². The molecule has 1 aliphatic rings. The van der Waals surface area contributed by atoms with Crippen LogP contribution < -0.4 is 5.32 Å². The van der Waals surface area contributed by atoms with E-state index in [-0.39, 0.29) is 5.91 Å². The molecule has 0 radical (unpaired) electrons. The minimum Gasteiger partial charge on any atom is -0.349 e. The van der Waals surface area contributed by atoms with Crippen molar-refractivity contribution in [3.63, 3.8) is 0 Å². The lowest BCUT2D eigenvalue weighted by atomic mass is 9.79. The lowest BCUT2D eigenvalue weighted by molar-refractivity contribution is 0.0904. The van der Waals surface area contributed by atoms with Crippen LogP contribution in [0.15, 0.2) is 54.6 Å². The smallest absolute Gasteiger partial charge is 0.251 e. The van der Waals surface area contributed by atoms with Gasteiger partial charge in [0.1, 0.15) is 0 Å². The van der Waals surface area contributed by atoms with E-state index in [2.05, 4.69) is 54.6 Å². The molecule has 1 N–H and O–H groups in total. The Morgan fingerprint density at radius 3 is 2.39 bits per heavy atom. The van der Waals surface area contributed by atoms with E-state index in [0.29, 0.717) is 18.0 Å². The van der Waals surface area contributed by atoms with E-state index < -0.39 is 0 Å². The van der Waals surface area contributed by atoms with Crippen LogP contribution in [0.2, 0.25) is 0 Å². The summed E-state index contributed by atoms with van der Waals surface area (Å²) in [5.41, 5.74) is 3.33. The number of nitrogens with zero attached hydrogens (tertiary/aromatic N) is 1. The third kappa shape index (κ3) is 5.68. The van der Waals surface area contributed by atoms with Gasteiger partial charge in [0.25, 0.3) is 5.91 Å². The molecule has 28 heavy (non-hydrogen) atoms. The van der Waals surface area contributed by atoms with Crippen LogP contribution in [0.3, 0.4) is 0 Å². The molecule has 1 saturated carbocycles. The highest BCUT2D eigenvalue weighted by atomic mass is 16.1. The molecule has 1 aliphatic carbocycles. The average Bonchev–Trinajstić information content (AvgIpc) is 2.70. The van der Waals surface area contributed by atoms with Crippen LogP contribution in [0, 0.1) is 12.8 Å². The summed E-state index contributed by atoms with van der Waals surface area (Å²) >= 11 is 0. The molecule has 3 nitrogen and oxygen atoms in total. The van der Waals surface area contributed by atoms with Crippen molar-refractivity contribution in [1.29, 1.82) is 0 Å². The Morgan fingerprint density at radius 1 is 1.04 bits per heavy atom. The fraction of sp³-hybridized carbons (Fsp3) is 0.480. The molecule has 0 aliphatic heterocycles. The Hall–Kier alpha value is -2.13. The minimum atomic E-state index is 0.0698. The third-order valence-electron chi connectivity index (χ3n) is 6.17. The highest BCUT2D eigenvalue weighted by molar-refractivity contribution is 5.94. The number of aryl methyl sites for hydroxylation is 2. The summed E-state index contributed by atoms with van der Waals surface area (Å²) in [4.78, 5) is 14.9. The largest absolute Gasteiger partial charge is 0.349 e. The summed E-state index contributed by atoms with van der Waals surface area (Å²) < 4.78 is 0. The van der Waals surface area contributed by atoms with Crippen molar-refractivity contribution in [2.75, 3.05) is 14.1 Å². The summed E-state index contributed by atoms with van der Waals surface area (Å²) in [6, 6.07) is 19.5. The number of rotatable bonds is 7. The van der Waals surface area contributed by atoms with Gasteiger partial charge in [0.15, 0.2) is 0 Å². The lowest BCUT2D eigenvalue weighted by Crippen LogP contribution is -2.42. The maximum atomic E-state index is 12.5. The number of carbonyl (C=O) groups is 1. The average molecular weight is 379 g/mol. The fourth-order valence-corrected chi connectivity index (χ4v) is 4.58. The van der Waals surface area contributed by atoms with Gasteiger partial charge in [-0.15, -0.1) is 0 Å². The second-order valence-electron chi connectivity index (χ2n) is 8.51. The maximum Gasteiger partial charge on any atom is 0.251 e. The Kier molecular flexibility index (Phi) is 7.27. The first-order valence-electron chi connectivity index (χ1n) is 10.6. The van der Waals surface area contributed by atoms with Crippen molar-refractivity contribution in [3.8, 4) is 0 Å². The van der Waals surface area contributed by atoms with Crippen LogP contribution in [0.25, 0.3) is 0 Å². The number of carbonyl (C=O) groups excluding carboxylic acids is 1. The van der Waals surface area contributed by atoms with Crippen LogP contribution in [0.4, 0.5) is 0 Å². The van der Waals surface area contributed by atoms with Crippen molar-refractivity contribution in [1.82, 2.24) is 10.2 Å². The molecule has 2 aromatic carbocycles. The number of benzene rings is 2. The van der Waals surface area contributed by atoms with Gasteiger partial charge in [-0.1, -0.05) is 48.0 Å². The molecule has 2 aromatic rings. The van der Waals surface area contributed by atoms with Crippen molar-refractivity contribution < 1.29 is 4.79 Å². The molecule has 1 fully saturated rings. The van der Waals surface area contributed by atoms with E-state index in [1.54, 1.807) is 0 Å². The van der Waals surface area contributed by atoms with Crippen LogP contribution in [-0.4, -0.2) is 37.0 Å². The first-order valence-corrected chi connectivity index (χ1v) is 10.6. The molecule has 3 heteroatoms. The van der Waals surface area contributed by atoms with E-state index in [1.165, 1.54) is 24.8 Å². The number of hydrogen-bond acceptors (Lipinski definition) is 2. The van der Waals surface area contributed by atoms with Crippen molar-refractivity contribution in [2.45, 2.75) is 57.5 Å². The Labute approximate surface area is 170 Å². The SMILES string of the molecule is Cc1cccc(C(=O)NC2CCC(C(CCc3ccccc3)N(C)C)CC2)c1. The van der Waals surface area contributed by atoms with Gasteiger partial charge in [-0.2, -0.15) is 0 Å². The summed E-state index contributed by atoms with van der Waals surface area (Å²) in [5, 5.41) is 3.26. The molecule has 0 saturated heterocycles. The van der Waals surface area contributed by atoms with Crippen molar-refractivity contribution >= 4 is 5.91 Å². The number of amides is 1. The molecular formula is C25H34N2O. The maximum absolute atomic E-state index is 12.5. The molecule has 0 aromatic heterocycles. The minimum absolute atomic E-state index is 0.0698. The van der Waals surface area contributed by atoms with Crippen LogP contribution in [0.1, 0.15) is 53.6 Å². The van der Waals surface area contributed by atoms with E-state index in [1.807, 2.05) is 31.2 Å². The first kappa shape index (κ1) is 20.6. The molecular weight excluding hydrogens is 344 g/mol. The topological polar surface area (TPSA) is 32.3 Å². The second kappa shape index (κ2) is 9.88. The standard InChI is InChI=1S/C25H34N2O/c1-19-8-7-11-22(18-19)25(28)26-23-15-13-21(14-16-23)24(27(2)3)17-12-20-9-5-4-6-10-20/h4-11,18,21,23-24H,12-17H2,1-3H3,(H,26,28). The van der Waals surface area contributed by atoms with Gasteiger partial charge >= 0.3 is 0 Å². The van der Waals surface area contributed by atoms with E-state index in [9.17, 15) is 4.79 Å². The normalized spacial score (nSPS) is 20.7. The van der Waals surface area contributed by atoms with Crippen molar-refractivity contribution in [3.05, 3.63) is 71.3 Å². The molecule has 0 spiro atoms. The molecule has 0 heterocycles. The molecule has 1 amide bonds. The molecule has 1 atom stereocenters. The van der Waals surface area contributed by atoms with Gasteiger partial charge in [-0.3, -0.25) is 4.79 Å². The quantitative estimate of drug-likeness (QED) is 0.747. The first-order chi connectivity index (χ1) is 13.5. The van der Waals surface area contributed by atoms with E-state index >= 15 is 0 Å². The highest BCUT2D eigenvalue weighted by Gasteiger charge is 2.29. The van der Waals surface area contributed by atoms with Gasteiger partial charge < -0.3 is 10.2 Å². The zero-order chi connectivity index (χ0) is 19.9. The summed E-state index contributed by atoms with van der Waals surface area (Å²) in [5.74, 6) is 0.784. The Bertz CT molecular complexity index is 748. The zero-order valence-corrected chi connectivity index (χ0v) is 17.5. The Morgan fingerprint density at radius 2 is 1.75 bits per heavy atom. The summed E-state index contributed by atoms with van der Waals surface area (Å²) in [7, 11) is 4.42. The van der Waals surface area contributed by atoms with E-state index in [0.717, 1.165) is 30.4 Å². The molecule has 150 valence electrons. The van der Waals surface area contributed by atoms with Gasteiger partial charge in [-0.05, 0) is 83.2 Å². The Balaban J connectivity index is 1.50. The van der Waals surface area contributed by atoms with Crippen LogP contribution in [0.5, 0.6) is 0 Å².